The van der Waals surface area contributed by atoms with Gasteiger partial charge in [-0.15, -0.1) is 0 Å². The molecule has 162 valence electrons. The van der Waals surface area contributed by atoms with Crippen molar-refractivity contribution in [1.82, 2.24) is 0 Å². The Kier molecular flexibility index (Phi) is 8.06. The summed E-state index contributed by atoms with van der Waals surface area (Å²) in [5.74, 6) is -0.256. The molecule has 0 heterocycles. The van der Waals surface area contributed by atoms with E-state index in [9.17, 15) is 4.79 Å². The van der Waals surface area contributed by atoms with Crippen LogP contribution < -0.4 is 0 Å². The molecule has 0 saturated carbocycles. The van der Waals surface area contributed by atoms with Crippen molar-refractivity contribution in [2.45, 2.75) is 39.5 Å². The predicted octanol–water partition coefficient (Wildman–Crippen LogP) is 6.94. The third-order valence-electron chi connectivity index (χ3n) is 5.83. The molecule has 2 aliphatic carbocycles. The van der Waals surface area contributed by atoms with Crippen LogP contribution in [0, 0.1) is 16.7 Å². The van der Waals surface area contributed by atoms with Gasteiger partial charge in [-0.2, -0.15) is 0 Å². The van der Waals surface area contributed by atoms with Crippen molar-refractivity contribution in [3.05, 3.63) is 109 Å². The van der Waals surface area contributed by atoms with E-state index >= 15 is 0 Å². The maximum absolute atomic E-state index is 12.3. The first kappa shape index (κ1) is 22.8. The van der Waals surface area contributed by atoms with Gasteiger partial charge >= 0.3 is 5.97 Å². The highest BCUT2D eigenvalue weighted by atomic mass is 16.5. The fraction of sp³-hybridized carbons (Fsp3) is 0.345. The zero-order valence-electron chi connectivity index (χ0n) is 18.7. The lowest BCUT2D eigenvalue weighted by Crippen LogP contribution is -2.19. The number of rotatable bonds is 9. The van der Waals surface area contributed by atoms with Gasteiger partial charge in [0.05, 0.1) is 12.5 Å². The lowest BCUT2D eigenvalue weighted by Gasteiger charge is -2.30. The van der Waals surface area contributed by atoms with Crippen LogP contribution in [-0.4, -0.2) is 12.6 Å². The first-order valence-electron chi connectivity index (χ1n) is 11.3. The molecule has 2 nitrogen and oxygen atoms in total. The van der Waals surface area contributed by atoms with Gasteiger partial charge in [0.25, 0.3) is 0 Å². The molecule has 0 aliphatic heterocycles. The van der Waals surface area contributed by atoms with E-state index < -0.39 is 0 Å². The second-order valence-corrected chi connectivity index (χ2v) is 8.56. The molecule has 1 unspecified atom stereocenters. The highest BCUT2D eigenvalue weighted by Gasteiger charge is 2.26. The van der Waals surface area contributed by atoms with Crippen LogP contribution in [0.15, 0.2) is 103 Å². The van der Waals surface area contributed by atoms with E-state index in [4.69, 9.17) is 4.74 Å². The molecular formula is C29H34O2. The molecule has 0 aromatic heterocycles. The Morgan fingerprint density at radius 1 is 1.00 bits per heavy atom. The molecule has 1 aromatic carbocycles. The molecule has 2 aliphatic rings. The van der Waals surface area contributed by atoms with Crippen LogP contribution in [0.1, 0.15) is 38.7 Å². The molecule has 0 fully saturated rings. The quantitative estimate of drug-likeness (QED) is 0.323. The number of allylic oxidation sites excluding steroid dienone is 12. The topological polar surface area (TPSA) is 26.3 Å². The van der Waals surface area contributed by atoms with Crippen molar-refractivity contribution >= 4 is 5.97 Å². The number of benzene rings is 1. The van der Waals surface area contributed by atoms with E-state index in [1.54, 1.807) is 0 Å². The van der Waals surface area contributed by atoms with Crippen molar-refractivity contribution in [2.75, 3.05) is 6.61 Å². The van der Waals surface area contributed by atoms with Crippen LogP contribution in [-0.2, 0) is 16.0 Å². The molecule has 2 heteroatoms. The normalized spacial score (nSPS) is 19.4. The van der Waals surface area contributed by atoms with Crippen molar-refractivity contribution in [2.24, 2.45) is 16.7 Å². The van der Waals surface area contributed by atoms with Gasteiger partial charge in [-0.05, 0) is 45.1 Å². The molecule has 0 saturated heterocycles. The van der Waals surface area contributed by atoms with E-state index in [0.29, 0.717) is 19.4 Å². The second-order valence-electron chi connectivity index (χ2n) is 8.56. The fourth-order valence-electron chi connectivity index (χ4n) is 3.95. The number of ether oxygens (including phenoxy) is 1. The molecule has 0 bridgehead atoms. The Morgan fingerprint density at radius 3 is 2.39 bits per heavy atom. The monoisotopic (exact) mass is 414 g/mol. The average molecular weight is 415 g/mol. The van der Waals surface area contributed by atoms with Crippen molar-refractivity contribution < 1.29 is 9.53 Å². The molecule has 1 aromatic rings. The van der Waals surface area contributed by atoms with Crippen LogP contribution in [0.5, 0.6) is 0 Å². The lowest BCUT2D eigenvalue weighted by atomic mass is 9.74. The summed E-state index contributed by atoms with van der Waals surface area (Å²) in [6, 6.07) is 10.1. The Bertz CT molecular complexity index is 868. The zero-order chi connectivity index (χ0) is 22.0. The van der Waals surface area contributed by atoms with E-state index in [1.807, 2.05) is 25.1 Å². The van der Waals surface area contributed by atoms with Gasteiger partial charge in [0, 0.05) is 10.8 Å². The summed E-state index contributed by atoms with van der Waals surface area (Å²) < 4.78 is 5.28. The standard InChI is InChI=1S/C29H34O2/c1-3-31-27(30)26(24-25-14-8-6-9-15-25)16-10-4-5-11-17-28(2)20-22-29(23-21-28)18-12-7-13-19-29/h4,6,8-15,17-23,26H,3,5,7,16,24H2,1-2H3/b10-4-,17-11-. The Morgan fingerprint density at radius 2 is 1.71 bits per heavy atom. The highest BCUT2D eigenvalue weighted by Crippen LogP contribution is 2.38. The molecule has 0 N–H and O–H groups in total. The minimum absolute atomic E-state index is 0.0354. The molecular weight excluding hydrogens is 380 g/mol. The van der Waals surface area contributed by atoms with Gasteiger partial charge in [0.15, 0.2) is 0 Å². The van der Waals surface area contributed by atoms with E-state index in [2.05, 4.69) is 92.0 Å². The predicted molar refractivity (Wildman–Crippen MR) is 130 cm³/mol. The number of carbonyl (C=O) groups excluding carboxylic acids is 1. The van der Waals surface area contributed by atoms with E-state index in [1.165, 1.54) is 0 Å². The first-order chi connectivity index (χ1) is 15.0. The van der Waals surface area contributed by atoms with E-state index in [-0.39, 0.29) is 22.7 Å². The second kappa shape index (κ2) is 10.9. The number of hydrogen-bond donors (Lipinski definition) is 0. The van der Waals surface area contributed by atoms with Crippen molar-refractivity contribution in [3.8, 4) is 0 Å². The molecule has 0 amide bonds. The zero-order valence-corrected chi connectivity index (χ0v) is 18.7. The highest BCUT2D eigenvalue weighted by molar-refractivity contribution is 5.73. The summed E-state index contributed by atoms with van der Waals surface area (Å²) in [6.45, 7) is 4.50. The minimum atomic E-state index is -0.142. The largest absolute Gasteiger partial charge is 0.466 e. The van der Waals surface area contributed by atoms with Gasteiger partial charge < -0.3 is 4.74 Å². The van der Waals surface area contributed by atoms with Gasteiger partial charge in [-0.1, -0.05) is 103 Å². The summed E-state index contributed by atoms with van der Waals surface area (Å²) in [6.07, 6.45) is 30.1. The van der Waals surface area contributed by atoms with Gasteiger partial charge in [-0.3, -0.25) is 4.79 Å². The van der Waals surface area contributed by atoms with Crippen molar-refractivity contribution in [3.63, 3.8) is 0 Å². The molecule has 0 radical (unpaired) electrons. The summed E-state index contributed by atoms with van der Waals surface area (Å²) in [7, 11) is 0. The van der Waals surface area contributed by atoms with Crippen LogP contribution in [0.3, 0.4) is 0 Å². The maximum Gasteiger partial charge on any atom is 0.309 e. The summed E-state index contributed by atoms with van der Waals surface area (Å²) in [4.78, 5) is 12.3. The Labute approximate surface area is 187 Å². The summed E-state index contributed by atoms with van der Waals surface area (Å²) in [5.41, 5.74) is 1.07. The average Bonchev–Trinajstić information content (AvgIpc) is 2.79. The summed E-state index contributed by atoms with van der Waals surface area (Å²) >= 11 is 0. The Balaban J connectivity index is 1.51. The van der Waals surface area contributed by atoms with Gasteiger partial charge in [0.2, 0.25) is 0 Å². The number of esters is 1. The third kappa shape index (κ3) is 6.82. The molecule has 1 spiro atoms. The van der Waals surface area contributed by atoms with Crippen LogP contribution in [0.4, 0.5) is 0 Å². The van der Waals surface area contributed by atoms with E-state index in [0.717, 1.165) is 18.4 Å². The van der Waals surface area contributed by atoms with Gasteiger partial charge in [-0.25, -0.2) is 0 Å². The third-order valence-corrected chi connectivity index (χ3v) is 5.83. The fourth-order valence-corrected chi connectivity index (χ4v) is 3.95. The minimum Gasteiger partial charge on any atom is -0.466 e. The van der Waals surface area contributed by atoms with Crippen LogP contribution in [0.25, 0.3) is 0 Å². The van der Waals surface area contributed by atoms with Crippen LogP contribution in [0.2, 0.25) is 0 Å². The molecule has 3 rings (SSSR count). The molecule has 1 atom stereocenters. The molecule has 31 heavy (non-hydrogen) atoms. The Hall–Kier alpha value is -2.87. The number of hydrogen-bond acceptors (Lipinski definition) is 2. The smallest absolute Gasteiger partial charge is 0.309 e. The maximum atomic E-state index is 12.3. The number of carbonyl (C=O) groups is 1. The van der Waals surface area contributed by atoms with Crippen molar-refractivity contribution in [1.29, 1.82) is 0 Å². The lowest BCUT2D eigenvalue weighted by molar-refractivity contribution is -0.147. The van der Waals surface area contributed by atoms with Crippen LogP contribution >= 0.6 is 0 Å². The summed E-state index contributed by atoms with van der Waals surface area (Å²) in [5, 5.41) is 0. The first-order valence-corrected chi connectivity index (χ1v) is 11.3. The SMILES string of the molecule is CCOC(=O)C(C/C=C\C/C=C\C1(C)C=CC2(C=CCC=C2)C=C1)Cc1ccccc1. The van der Waals surface area contributed by atoms with Gasteiger partial charge in [0.1, 0.15) is 0 Å².